The first kappa shape index (κ1) is 20.2. The first-order valence-electron chi connectivity index (χ1n) is 12.1. The van der Waals surface area contributed by atoms with Crippen LogP contribution < -0.4 is 9.80 Å². The van der Waals surface area contributed by atoms with Crippen LogP contribution in [0, 0.1) is 6.92 Å². The number of benzene rings is 2. The van der Waals surface area contributed by atoms with Crippen molar-refractivity contribution < 1.29 is 0 Å². The first-order valence-corrected chi connectivity index (χ1v) is 12.1. The molecule has 1 aliphatic carbocycles. The van der Waals surface area contributed by atoms with E-state index in [1.54, 1.807) is 0 Å². The maximum absolute atomic E-state index is 4.98. The lowest BCUT2D eigenvalue weighted by atomic mass is 9.96. The Hall–Kier alpha value is -3.41. The summed E-state index contributed by atoms with van der Waals surface area (Å²) in [7, 11) is 0. The molecule has 6 nitrogen and oxygen atoms in total. The molecule has 0 radical (unpaired) electrons. The van der Waals surface area contributed by atoms with E-state index in [0.717, 1.165) is 57.0 Å². The van der Waals surface area contributed by atoms with Crippen LogP contribution in [0.1, 0.15) is 41.1 Å². The Balaban J connectivity index is 1.33. The number of aryl methyl sites for hydroxylation is 2. The number of fused-ring (bicyclic) bond motifs is 2. The van der Waals surface area contributed by atoms with Crippen molar-refractivity contribution in [1.82, 2.24) is 19.6 Å². The maximum atomic E-state index is 4.98. The standard InChI is InChI=1S/C27H30N6/c1-20-11-13-21(14-12-20)19-25-29-27-28-24-10-6-5-9-23(24)26(33(27)30-25)32-17-15-31(16-18-32)22-7-3-2-4-8-22/h2-4,7-8,11-14H,5-6,9-10,15-19H2,1H3. The Kier molecular flexibility index (Phi) is 5.21. The van der Waals surface area contributed by atoms with Gasteiger partial charge in [0, 0.05) is 43.9 Å². The predicted molar refractivity (Wildman–Crippen MR) is 132 cm³/mol. The van der Waals surface area contributed by atoms with E-state index in [1.807, 2.05) is 4.52 Å². The maximum Gasteiger partial charge on any atom is 0.254 e. The average Bonchev–Trinajstić information content (AvgIpc) is 3.26. The topological polar surface area (TPSA) is 49.6 Å². The Morgan fingerprint density at radius 2 is 1.52 bits per heavy atom. The van der Waals surface area contributed by atoms with Crippen molar-refractivity contribution in [2.75, 3.05) is 36.0 Å². The van der Waals surface area contributed by atoms with Crippen LogP contribution in [0.2, 0.25) is 0 Å². The molecule has 6 rings (SSSR count). The zero-order valence-corrected chi connectivity index (χ0v) is 19.2. The molecule has 0 spiro atoms. The van der Waals surface area contributed by atoms with Crippen LogP contribution in [-0.4, -0.2) is 45.8 Å². The highest BCUT2D eigenvalue weighted by Crippen LogP contribution is 2.31. The van der Waals surface area contributed by atoms with Gasteiger partial charge in [-0.3, -0.25) is 0 Å². The summed E-state index contributed by atoms with van der Waals surface area (Å²) in [6.45, 7) is 6.09. The van der Waals surface area contributed by atoms with Crippen molar-refractivity contribution in [2.24, 2.45) is 0 Å². The lowest BCUT2D eigenvalue weighted by Gasteiger charge is -2.38. The van der Waals surface area contributed by atoms with Gasteiger partial charge in [-0.2, -0.15) is 9.50 Å². The van der Waals surface area contributed by atoms with Gasteiger partial charge < -0.3 is 9.80 Å². The number of hydrogen-bond acceptors (Lipinski definition) is 5. The normalized spacial score (nSPS) is 16.3. The van der Waals surface area contributed by atoms with Gasteiger partial charge in [-0.05, 0) is 50.3 Å². The fourth-order valence-electron chi connectivity index (χ4n) is 5.17. The molecule has 0 N–H and O–H groups in total. The van der Waals surface area contributed by atoms with Gasteiger partial charge in [-0.15, -0.1) is 5.10 Å². The molecule has 4 aromatic rings. The molecule has 1 fully saturated rings. The van der Waals surface area contributed by atoms with Crippen molar-refractivity contribution in [2.45, 2.75) is 39.0 Å². The van der Waals surface area contributed by atoms with E-state index in [4.69, 9.17) is 15.1 Å². The van der Waals surface area contributed by atoms with Gasteiger partial charge in [-0.1, -0.05) is 48.0 Å². The van der Waals surface area contributed by atoms with Gasteiger partial charge in [0.2, 0.25) is 0 Å². The van der Waals surface area contributed by atoms with Crippen molar-refractivity contribution in [3.8, 4) is 0 Å². The van der Waals surface area contributed by atoms with Crippen LogP contribution in [0.5, 0.6) is 0 Å². The van der Waals surface area contributed by atoms with Gasteiger partial charge in [0.05, 0.1) is 5.69 Å². The molecule has 0 saturated carbocycles. The van der Waals surface area contributed by atoms with E-state index in [1.165, 1.54) is 46.7 Å². The van der Waals surface area contributed by atoms with Crippen LogP contribution >= 0.6 is 0 Å². The van der Waals surface area contributed by atoms with Crippen molar-refractivity contribution in [3.05, 3.63) is 82.8 Å². The molecule has 0 atom stereocenters. The Morgan fingerprint density at radius 1 is 0.788 bits per heavy atom. The first-order chi connectivity index (χ1) is 16.2. The van der Waals surface area contributed by atoms with Crippen molar-refractivity contribution in [1.29, 1.82) is 0 Å². The van der Waals surface area contributed by atoms with Gasteiger partial charge in [0.25, 0.3) is 5.78 Å². The van der Waals surface area contributed by atoms with Gasteiger partial charge >= 0.3 is 0 Å². The Labute approximate surface area is 194 Å². The number of piperazine rings is 1. The molecular formula is C27H30N6. The molecule has 6 heteroatoms. The quantitative estimate of drug-likeness (QED) is 0.477. The van der Waals surface area contributed by atoms with Crippen molar-refractivity contribution in [3.63, 3.8) is 0 Å². The van der Waals surface area contributed by atoms with E-state index in [0.29, 0.717) is 0 Å². The Bertz CT molecular complexity index is 1250. The molecule has 1 aliphatic heterocycles. The summed E-state index contributed by atoms with van der Waals surface area (Å²) >= 11 is 0. The summed E-state index contributed by atoms with van der Waals surface area (Å²) in [6, 6.07) is 19.4. The molecule has 0 amide bonds. The highest BCUT2D eigenvalue weighted by Gasteiger charge is 2.27. The van der Waals surface area contributed by atoms with Gasteiger partial charge in [-0.25, -0.2) is 4.98 Å². The third-order valence-electron chi connectivity index (χ3n) is 6.96. The molecule has 3 heterocycles. The summed E-state index contributed by atoms with van der Waals surface area (Å²) in [6.07, 6.45) is 5.29. The number of anilines is 2. The lowest BCUT2D eigenvalue weighted by molar-refractivity contribution is 0.614. The summed E-state index contributed by atoms with van der Waals surface area (Å²) in [4.78, 5) is 14.8. The predicted octanol–water partition coefficient (Wildman–Crippen LogP) is 4.23. The highest BCUT2D eigenvalue weighted by atomic mass is 15.4. The fraction of sp³-hybridized carbons (Fsp3) is 0.370. The third kappa shape index (κ3) is 3.94. The summed E-state index contributed by atoms with van der Waals surface area (Å²) in [5, 5.41) is 4.98. The monoisotopic (exact) mass is 438 g/mol. The van der Waals surface area contributed by atoms with Crippen LogP contribution in [0.3, 0.4) is 0 Å². The number of nitrogens with zero attached hydrogens (tertiary/aromatic N) is 6. The number of para-hydroxylation sites is 1. The van der Waals surface area contributed by atoms with Crippen LogP contribution in [-0.2, 0) is 19.3 Å². The SMILES string of the molecule is Cc1ccc(Cc2nc3nc4c(c(N5CCN(c6ccccc6)CC5)n3n2)CCCC4)cc1. The molecule has 2 aromatic carbocycles. The second kappa shape index (κ2) is 8.50. The summed E-state index contributed by atoms with van der Waals surface area (Å²) < 4.78 is 2.03. The van der Waals surface area contributed by atoms with E-state index in [2.05, 4.69) is 71.3 Å². The van der Waals surface area contributed by atoms with E-state index in [-0.39, 0.29) is 0 Å². The molecule has 2 aliphatic rings. The second-order valence-electron chi connectivity index (χ2n) is 9.28. The second-order valence-corrected chi connectivity index (χ2v) is 9.28. The molecule has 2 aromatic heterocycles. The van der Waals surface area contributed by atoms with Crippen LogP contribution in [0.25, 0.3) is 5.78 Å². The minimum absolute atomic E-state index is 0.732. The molecular weight excluding hydrogens is 408 g/mol. The van der Waals surface area contributed by atoms with Crippen LogP contribution in [0.15, 0.2) is 54.6 Å². The minimum Gasteiger partial charge on any atom is -0.368 e. The fourth-order valence-corrected chi connectivity index (χ4v) is 5.17. The number of hydrogen-bond donors (Lipinski definition) is 0. The smallest absolute Gasteiger partial charge is 0.254 e. The summed E-state index contributed by atoms with van der Waals surface area (Å²) in [5.74, 6) is 2.82. The minimum atomic E-state index is 0.732. The molecule has 1 saturated heterocycles. The molecule has 33 heavy (non-hydrogen) atoms. The zero-order valence-electron chi connectivity index (χ0n) is 19.2. The average molecular weight is 439 g/mol. The highest BCUT2D eigenvalue weighted by molar-refractivity contribution is 5.57. The van der Waals surface area contributed by atoms with Gasteiger partial charge in [0.15, 0.2) is 5.82 Å². The van der Waals surface area contributed by atoms with Gasteiger partial charge in [0.1, 0.15) is 5.82 Å². The number of rotatable bonds is 4. The third-order valence-corrected chi connectivity index (χ3v) is 6.96. The summed E-state index contributed by atoms with van der Waals surface area (Å²) in [5.41, 5.74) is 6.42. The largest absolute Gasteiger partial charge is 0.368 e. The van der Waals surface area contributed by atoms with Crippen LogP contribution in [0.4, 0.5) is 11.5 Å². The molecule has 168 valence electrons. The zero-order chi connectivity index (χ0) is 22.2. The number of aromatic nitrogens is 4. The lowest BCUT2D eigenvalue weighted by Crippen LogP contribution is -2.47. The van der Waals surface area contributed by atoms with E-state index in [9.17, 15) is 0 Å². The van der Waals surface area contributed by atoms with E-state index >= 15 is 0 Å². The van der Waals surface area contributed by atoms with E-state index < -0.39 is 0 Å². The molecule has 0 unspecified atom stereocenters. The Morgan fingerprint density at radius 3 is 2.30 bits per heavy atom. The van der Waals surface area contributed by atoms with Crippen molar-refractivity contribution >= 4 is 17.3 Å². The molecule has 0 bridgehead atoms.